The molecule has 4 heteroatoms. The first-order valence-electron chi connectivity index (χ1n) is 8.05. The number of rotatable bonds is 2. The Balaban J connectivity index is 1.51. The van der Waals surface area contributed by atoms with Crippen LogP contribution in [-0.2, 0) is 13.0 Å². The summed E-state index contributed by atoms with van der Waals surface area (Å²) in [6, 6.07) is 10.3. The van der Waals surface area contributed by atoms with Gasteiger partial charge in [0.05, 0.1) is 17.3 Å². The highest BCUT2D eigenvalue weighted by Gasteiger charge is 2.19. The van der Waals surface area contributed by atoms with E-state index in [4.69, 9.17) is 9.40 Å². The topological polar surface area (TPSA) is 34.2 Å². The highest BCUT2D eigenvalue weighted by atomic mass is 16.3. The fourth-order valence-electron chi connectivity index (χ4n) is 3.43. The van der Waals surface area contributed by atoms with Crippen molar-refractivity contribution >= 4 is 11.0 Å². The Morgan fingerprint density at radius 2 is 2.04 bits per heavy atom. The van der Waals surface area contributed by atoms with Crippen LogP contribution in [0.25, 0.3) is 22.4 Å². The van der Waals surface area contributed by atoms with E-state index < -0.39 is 0 Å². The summed E-state index contributed by atoms with van der Waals surface area (Å²) < 4.78 is 7.86. The molecule has 0 saturated carbocycles. The molecule has 0 spiro atoms. The minimum atomic E-state index is 0.893. The van der Waals surface area contributed by atoms with Crippen molar-refractivity contribution in [3.05, 3.63) is 66.3 Å². The fraction of sp³-hybridized carbons (Fsp3) is 0.211. The minimum Gasteiger partial charge on any atom is -0.464 e. The van der Waals surface area contributed by atoms with Gasteiger partial charge < -0.3 is 13.9 Å². The van der Waals surface area contributed by atoms with Crippen molar-refractivity contribution in [3.63, 3.8) is 0 Å². The van der Waals surface area contributed by atoms with Crippen molar-refractivity contribution < 1.29 is 4.42 Å². The average Bonchev–Trinajstić information content (AvgIpc) is 3.11. The first-order chi connectivity index (χ1) is 11.4. The standard InChI is InChI=1S/C19H17N3O/c1-3-15(4-1)21-9-8-19-20-16-13-14(18-5-2-12-23-18)6-7-17(16)22(19)11-10-21/h1-7,12-13H,8-11H2. The fourth-order valence-corrected chi connectivity index (χ4v) is 3.43. The zero-order valence-electron chi connectivity index (χ0n) is 12.8. The van der Waals surface area contributed by atoms with Gasteiger partial charge in [0.1, 0.15) is 11.6 Å². The molecule has 3 heterocycles. The Morgan fingerprint density at radius 3 is 2.83 bits per heavy atom. The van der Waals surface area contributed by atoms with E-state index in [0.29, 0.717) is 0 Å². The van der Waals surface area contributed by atoms with Gasteiger partial charge in [-0.1, -0.05) is 6.08 Å². The molecule has 5 rings (SSSR count). The quantitative estimate of drug-likeness (QED) is 0.725. The number of fused-ring (bicyclic) bond motifs is 3. The molecule has 0 unspecified atom stereocenters. The van der Waals surface area contributed by atoms with Crippen LogP contribution in [0.3, 0.4) is 0 Å². The van der Waals surface area contributed by atoms with Crippen molar-refractivity contribution in [3.8, 4) is 11.3 Å². The molecule has 23 heavy (non-hydrogen) atoms. The van der Waals surface area contributed by atoms with Gasteiger partial charge in [0, 0.05) is 37.3 Å². The predicted molar refractivity (Wildman–Crippen MR) is 89.9 cm³/mol. The lowest BCUT2D eigenvalue weighted by Crippen LogP contribution is -2.26. The maximum atomic E-state index is 5.50. The average molecular weight is 303 g/mol. The Hall–Kier alpha value is -2.75. The minimum absolute atomic E-state index is 0.893. The number of aromatic nitrogens is 2. The van der Waals surface area contributed by atoms with Crippen LogP contribution < -0.4 is 0 Å². The molecule has 0 atom stereocenters. The third-order valence-electron chi connectivity index (χ3n) is 4.73. The van der Waals surface area contributed by atoms with Gasteiger partial charge in [0.2, 0.25) is 0 Å². The Morgan fingerprint density at radius 1 is 1.09 bits per heavy atom. The Labute approximate surface area is 134 Å². The second kappa shape index (κ2) is 4.88. The Kier molecular flexibility index (Phi) is 2.71. The lowest BCUT2D eigenvalue weighted by atomic mass is 10.1. The summed E-state index contributed by atoms with van der Waals surface area (Å²) in [6.45, 7) is 3.05. The third kappa shape index (κ3) is 2.02. The molecular formula is C19H17N3O. The van der Waals surface area contributed by atoms with Gasteiger partial charge in [-0.3, -0.25) is 0 Å². The van der Waals surface area contributed by atoms with E-state index in [9.17, 15) is 0 Å². The number of nitrogens with zero attached hydrogens (tertiary/aromatic N) is 3. The molecule has 2 aliphatic rings. The molecular weight excluding hydrogens is 286 g/mol. The van der Waals surface area contributed by atoms with Crippen molar-refractivity contribution in [2.75, 3.05) is 13.1 Å². The molecule has 1 aliphatic heterocycles. The summed E-state index contributed by atoms with van der Waals surface area (Å²) in [5, 5.41) is 0. The lowest BCUT2D eigenvalue weighted by molar-refractivity contribution is 0.359. The van der Waals surface area contributed by atoms with Crippen LogP contribution in [0.2, 0.25) is 0 Å². The normalized spacial score (nSPS) is 16.9. The summed E-state index contributed by atoms with van der Waals surface area (Å²) in [7, 11) is 0. The van der Waals surface area contributed by atoms with Crippen LogP contribution in [-0.4, -0.2) is 27.5 Å². The van der Waals surface area contributed by atoms with Gasteiger partial charge in [-0.25, -0.2) is 4.98 Å². The predicted octanol–water partition coefficient (Wildman–Crippen LogP) is 3.61. The molecule has 0 radical (unpaired) electrons. The van der Waals surface area contributed by atoms with Crippen LogP contribution in [0.5, 0.6) is 0 Å². The number of benzene rings is 1. The second-order valence-electron chi connectivity index (χ2n) is 6.05. The van der Waals surface area contributed by atoms with E-state index in [1.807, 2.05) is 12.1 Å². The highest BCUT2D eigenvalue weighted by molar-refractivity contribution is 5.81. The van der Waals surface area contributed by atoms with Crippen LogP contribution >= 0.6 is 0 Å². The van der Waals surface area contributed by atoms with Crippen LogP contribution in [0.4, 0.5) is 0 Å². The first kappa shape index (κ1) is 12.8. The van der Waals surface area contributed by atoms with E-state index in [0.717, 1.165) is 42.9 Å². The molecule has 3 aromatic rings. The molecule has 0 N–H and O–H groups in total. The van der Waals surface area contributed by atoms with E-state index in [-0.39, 0.29) is 0 Å². The number of hydrogen-bond acceptors (Lipinski definition) is 3. The molecule has 114 valence electrons. The summed E-state index contributed by atoms with van der Waals surface area (Å²) in [4.78, 5) is 7.32. The molecule has 1 aromatic carbocycles. The smallest absolute Gasteiger partial charge is 0.133 e. The zero-order chi connectivity index (χ0) is 15.2. The number of furan rings is 1. The van der Waals surface area contributed by atoms with Crippen LogP contribution in [0.1, 0.15) is 5.82 Å². The van der Waals surface area contributed by atoms with E-state index >= 15 is 0 Å². The SMILES string of the molecule is C1=CC(N2CCc3nc4cc(-c5ccco5)ccc4n3CC2)=C1. The largest absolute Gasteiger partial charge is 0.464 e. The molecule has 0 bridgehead atoms. The van der Waals surface area contributed by atoms with Gasteiger partial charge in [0.15, 0.2) is 0 Å². The lowest BCUT2D eigenvalue weighted by Gasteiger charge is -2.25. The van der Waals surface area contributed by atoms with Crippen LogP contribution in [0.15, 0.2) is 64.9 Å². The molecule has 4 nitrogen and oxygen atoms in total. The van der Waals surface area contributed by atoms with Gasteiger partial charge in [-0.15, -0.1) is 0 Å². The molecule has 0 fully saturated rings. The molecule has 0 saturated heterocycles. The number of allylic oxidation sites excluding steroid dienone is 3. The maximum absolute atomic E-state index is 5.50. The van der Waals surface area contributed by atoms with Crippen molar-refractivity contribution in [1.82, 2.24) is 14.5 Å². The molecule has 0 amide bonds. The third-order valence-corrected chi connectivity index (χ3v) is 4.73. The van der Waals surface area contributed by atoms with Crippen LogP contribution in [0, 0.1) is 0 Å². The van der Waals surface area contributed by atoms with E-state index in [1.54, 1.807) is 6.26 Å². The summed E-state index contributed by atoms with van der Waals surface area (Å²) in [5.74, 6) is 2.08. The van der Waals surface area contributed by atoms with Gasteiger partial charge in [0.25, 0.3) is 0 Å². The molecule has 2 aromatic heterocycles. The highest BCUT2D eigenvalue weighted by Crippen LogP contribution is 2.27. The molecule has 1 aliphatic carbocycles. The van der Waals surface area contributed by atoms with Crippen molar-refractivity contribution in [2.45, 2.75) is 13.0 Å². The number of imidazole rings is 1. The zero-order valence-corrected chi connectivity index (χ0v) is 12.8. The Bertz CT molecular complexity index is 931. The maximum Gasteiger partial charge on any atom is 0.133 e. The monoisotopic (exact) mass is 303 g/mol. The van der Waals surface area contributed by atoms with E-state index in [2.05, 4.69) is 45.9 Å². The first-order valence-corrected chi connectivity index (χ1v) is 8.05. The number of hydrogen-bond donors (Lipinski definition) is 0. The summed E-state index contributed by atoms with van der Waals surface area (Å²) in [5.41, 5.74) is 4.71. The van der Waals surface area contributed by atoms with Gasteiger partial charge in [-0.2, -0.15) is 0 Å². The van der Waals surface area contributed by atoms with Crippen molar-refractivity contribution in [1.29, 1.82) is 0 Å². The van der Waals surface area contributed by atoms with Crippen molar-refractivity contribution in [2.24, 2.45) is 0 Å². The summed E-state index contributed by atoms with van der Waals surface area (Å²) in [6.07, 6.45) is 9.16. The van der Waals surface area contributed by atoms with Gasteiger partial charge >= 0.3 is 0 Å². The van der Waals surface area contributed by atoms with Gasteiger partial charge in [-0.05, 0) is 42.5 Å². The summed E-state index contributed by atoms with van der Waals surface area (Å²) >= 11 is 0. The van der Waals surface area contributed by atoms with E-state index in [1.165, 1.54) is 17.0 Å². The second-order valence-corrected chi connectivity index (χ2v) is 6.05.